The Morgan fingerprint density at radius 1 is 1.38 bits per heavy atom. The zero-order chi connectivity index (χ0) is 9.23. The van der Waals surface area contributed by atoms with E-state index in [-0.39, 0.29) is 25.8 Å². The van der Waals surface area contributed by atoms with Crippen LogP contribution in [0, 0.1) is 31.1 Å². The molecule has 0 amide bonds. The number of nitrogens with one attached hydrogen (secondary N) is 1. The zero-order valence-corrected chi connectivity index (χ0v) is 9.92. The summed E-state index contributed by atoms with van der Waals surface area (Å²) in [5, 5.41) is 4.46. The lowest BCUT2D eigenvalue weighted by atomic mass is 10.3. The average molecular weight is 244 g/mol. The Bertz CT molecular complexity index is 279. The van der Waals surface area contributed by atoms with Crippen LogP contribution in [0.2, 0.25) is 0 Å². The second-order valence-corrected chi connectivity index (χ2v) is 2.26. The number of likely N-dealkylation sites (N-methyl/N-ethyl adjacent to an activating group) is 1. The van der Waals surface area contributed by atoms with Gasteiger partial charge >= 0.3 is 0 Å². The molecule has 0 spiro atoms. The molecule has 0 heterocycles. The highest BCUT2D eigenvalue weighted by molar-refractivity contribution is 7.79. The summed E-state index contributed by atoms with van der Waals surface area (Å²) in [6.07, 6.45) is 0. The minimum Gasteiger partial charge on any atom is -0.412 e. The van der Waals surface area contributed by atoms with Gasteiger partial charge in [0.05, 0.1) is 5.37 Å². The van der Waals surface area contributed by atoms with E-state index in [1.165, 1.54) is 5.37 Å². The van der Waals surface area contributed by atoms with Crippen molar-refractivity contribution in [3.05, 3.63) is 19.6 Å². The molecule has 0 bridgehead atoms. The second kappa shape index (κ2) is 23.6. The van der Waals surface area contributed by atoms with E-state index in [4.69, 9.17) is 0 Å². The number of hydrogen-bond acceptors (Lipinski definition) is 2. The molecule has 0 aromatic carbocycles. The molecule has 0 aromatic heterocycles. The smallest absolute Gasteiger partial charge is 0.0524 e. The summed E-state index contributed by atoms with van der Waals surface area (Å²) in [7, 11) is 0. The zero-order valence-electron chi connectivity index (χ0n) is 9.11. The van der Waals surface area contributed by atoms with Crippen molar-refractivity contribution in [2.75, 3.05) is 13.1 Å². The van der Waals surface area contributed by atoms with Crippen molar-refractivity contribution in [3.8, 4) is 23.7 Å². The molecule has 0 rings (SSSR count). The van der Waals surface area contributed by atoms with Gasteiger partial charge in [0.2, 0.25) is 0 Å². The molecule has 0 aromatic rings. The first-order valence-corrected chi connectivity index (χ1v) is 4.12. The topological polar surface area (TPSA) is 75.0 Å². The lowest BCUT2D eigenvalue weighted by Gasteiger charge is -1.95. The standard InChI is InChI=1S/C10H11NS.CH4.CH3.2H2O/c1-3-11-9-10(2)7-5-4-6-8-12;;;;/h8,11H,2-3,9H2,1H3;1H4;1H3;2*1H2. The van der Waals surface area contributed by atoms with Gasteiger partial charge in [0, 0.05) is 12.1 Å². The Labute approximate surface area is 105 Å². The fourth-order valence-electron chi connectivity index (χ4n) is 0.505. The molecule has 1 radical (unpaired) electrons. The van der Waals surface area contributed by atoms with Crippen molar-refractivity contribution in [1.82, 2.24) is 5.32 Å². The molecule has 4 heteroatoms. The number of rotatable bonds is 3. The normalized spacial score (nSPS) is 5.31. The van der Waals surface area contributed by atoms with Crippen LogP contribution in [0.3, 0.4) is 0 Å². The molecule has 0 fully saturated rings. The van der Waals surface area contributed by atoms with Gasteiger partial charge in [0.1, 0.15) is 0 Å². The van der Waals surface area contributed by atoms with Gasteiger partial charge in [-0.15, -0.1) is 0 Å². The Balaban J connectivity index is -0.000000101. The van der Waals surface area contributed by atoms with Crippen LogP contribution < -0.4 is 5.32 Å². The van der Waals surface area contributed by atoms with Crippen LogP contribution in [0.25, 0.3) is 0 Å². The summed E-state index contributed by atoms with van der Waals surface area (Å²) < 4.78 is 0. The molecule has 0 saturated heterocycles. The summed E-state index contributed by atoms with van der Waals surface area (Å²) in [6, 6.07) is 0. The highest BCUT2D eigenvalue weighted by Crippen LogP contribution is 1.81. The van der Waals surface area contributed by atoms with Crippen LogP contribution in [0.15, 0.2) is 12.2 Å². The molecule has 3 nitrogen and oxygen atoms in total. The van der Waals surface area contributed by atoms with Crippen LogP contribution in [0.1, 0.15) is 14.4 Å². The van der Waals surface area contributed by atoms with Gasteiger partial charge in [-0.3, -0.25) is 0 Å². The predicted octanol–water partition coefficient (Wildman–Crippen LogP) is 0.596. The average Bonchev–Trinajstić information content (AvgIpc) is 2.09. The van der Waals surface area contributed by atoms with Crippen LogP contribution in [0.5, 0.6) is 0 Å². The first-order valence-electron chi connectivity index (χ1n) is 3.65. The quantitative estimate of drug-likeness (QED) is 0.583. The fourth-order valence-corrected chi connectivity index (χ4v) is 0.564. The fraction of sp³-hybridized carbons (Fsp3) is 0.333. The van der Waals surface area contributed by atoms with Gasteiger partial charge in [0.25, 0.3) is 0 Å². The molecular weight excluding hydrogens is 222 g/mol. The second-order valence-electron chi connectivity index (χ2n) is 2.02. The van der Waals surface area contributed by atoms with E-state index in [1.807, 2.05) is 6.92 Å². The highest BCUT2D eigenvalue weighted by Gasteiger charge is 1.83. The summed E-state index contributed by atoms with van der Waals surface area (Å²) >= 11 is 4.50. The van der Waals surface area contributed by atoms with Crippen molar-refractivity contribution >= 4 is 17.6 Å². The maximum absolute atomic E-state index is 4.50. The maximum Gasteiger partial charge on any atom is 0.0524 e. The molecule has 5 N–H and O–H groups in total. The van der Waals surface area contributed by atoms with Crippen LogP contribution in [-0.2, 0) is 0 Å². The van der Waals surface area contributed by atoms with Gasteiger partial charge in [-0.2, -0.15) is 0 Å². The van der Waals surface area contributed by atoms with E-state index in [0.29, 0.717) is 0 Å². The third-order valence-electron chi connectivity index (χ3n) is 1.02. The first kappa shape index (κ1) is 29.4. The van der Waals surface area contributed by atoms with Gasteiger partial charge in [-0.05, 0) is 24.3 Å². The number of hydrogen-bond donors (Lipinski definition) is 1. The van der Waals surface area contributed by atoms with Gasteiger partial charge < -0.3 is 16.3 Å². The Hall–Kier alpha value is -1.17. The van der Waals surface area contributed by atoms with Gasteiger partial charge in [-0.1, -0.05) is 46.5 Å². The van der Waals surface area contributed by atoms with E-state index in [9.17, 15) is 0 Å². The van der Waals surface area contributed by atoms with Gasteiger partial charge in [-0.25, -0.2) is 0 Å². The van der Waals surface area contributed by atoms with E-state index in [2.05, 4.69) is 47.8 Å². The SMILES string of the molecule is C.C=C(C#CC#CC=S)CNCC.O.O.[CH3]. The van der Waals surface area contributed by atoms with Crippen molar-refractivity contribution < 1.29 is 11.0 Å². The molecule has 0 aliphatic rings. The van der Waals surface area contributed by atoms with Crippen LogP contribution >= 0.6 is 12.2 Å². The van der Waals surface area contributed by atoms with E-state index in [1.54, 1.807) is 0 Å². The van der Waals surface area contributed by atoms with Crippen molar-refractivity contribution in [2.45, 2.75) is 14.4 Å². The van der Waals surface area contributed by atoms with E-state index in [0.717, 1.165) is 18.7 Å². The lowest BCUT2D eigenvalue weighted by molar-refractivity contribution is 0.789. The molecule has 16 heavy (non-hydrogen) atoms. The van der Waals surface area contributed by atoms with Crippen LogP contribution in [-0.4, -0.2) is 29.4 Å². The van der Waals surface area contributed by atoms with E-state index >= 15 is 0 Å². The Morgan fingerprint density at radius 3 is 2.38 bits per heavy atom. The molecule has 0 saturated carbocycles. The third kappa shape index (κ3) is 23.0. The largest absolute Gasteiger partial charge is 0.412 e. The lowest BCUT2D eigenvalue weighted by Crippen LogP contribution is -2.14. The Morgan fingerprint density at radius 2 is 1.94 bits per heavy atom. The highest BCUT2D eigenvalue weighted by atomic mass is 32.1. The van der Waals surface area contributed by atoms with Crippen LogP contribution in [0.4, 0.5) is 0 Å². The molecule has 93 valence electrons. The summed E-state index contributed by atoms with van der Waals surface area (Å²) in [6.45, 7) is 7.43. The van der Waals surface area contributed by atoms with E-state index < -0.39 is 0 Å². The first-order chi connectivity index (χ1) is 5.81. The summed E-state index contributed by atoms with van der Waals surface area (Å²) in [5.74, 6) is 10.6. The monoisotopic (exact) mass is 244 g/mol. The molecule has 0 aliphatic heterocycles. The Kier molecular flexibility index (Phi) is 43.2. The minimum atomic E-state index is 0. The molecule has 0 atom stereocenters. The summed E-state index contributed by atoms with van der Waals surface area (Å²) in [5.41, 5.74) is 0.843. The van der Waals surface area contributed by atoms with Crippen molar-refractivity contribution in [2.24, 2.45) is 0 Å². The van der Waals surface area contributed by atoms with Gasteiger partial charge in [0.15, 0.2) is 0 Å². The maximum atomic E-state index is 4.50. The molecule has 0 unspecified atom stereocenters. The van der Waals surface area contributed by atoms with Crippen molar-refractivity contribution in [3.63, 3.8) is 0 Å². The minimum absolute atomic E-state index is 0. The molecule has 0 aliphatic carbocycles. The summed E-state index contributed by atoms with van der Waals surface area (Å²) in [4.78, 5) is 0. The number of thiocarbonyl (C=S) groups is 1. The predicted molar refractivity (Wildman–Crippen MR) is 77.3 cm³/mol. The van der Waals surface area contributed by atoms with Crippen molar-refractivity contribution in [1.29, 1.82) is 0 Å². The molecular formula is C12H22NO2S. The third-order valence-corrected chi connectivity index (χ3v) is 1.14.